The molecule has 0 radical (unpaired) electrons. The summed E-state index contributed by atoms with van der Waals surface area (Å²) in [6, 6.07) is 5.20. The van der Waals surface area contributed by atoms with E-state index < -0.39 is 17.7 Å². The Labute approximate surface area is 146 Å². The minimum atomic E-state index is -4.39. The number of hydrogen-bond donors (Lipinski definition) is 2. The van der Waals surface area contributed by atoms with Crippen molar-refractivity contribution in [3.8, 4) is 0 Å². The molecule has 0 bridgehead atoms. The van der Waals surface area contributed by atoms with Gasteiger partial charge in [-0.1, -0.05) is 25.1 Å². The zero-order chi connectivity index (χ0) is 17.0. The van der Waals surface area contributed by atoms with Crippen LogP contribution >= 0.6 is 12.4 Å². The lowest BCUT2D eigenvalue weighted by Crippen LogP contribution is -2.43. The molecule has 1 aromatic carbocycles. The summed E-state index contributed by atoms with van der Waals surface area (Å²) in [4.78, 5) is 12.3. The molecule has 1 aliphatic heterocycles. The minimum absolute atomic E-state index is 0. The molecule has 1 fully saturated rings. The third-order valence-electron chi connectivity index (χ3n) is 4.59. The van der Waals surface area contributed by atoms with Crippen molar-refractivity contribution >= 4 is 18.3 Å². The van der Waals surface area contributed by atoms with Gasteiger partial charge >= 0.3 is 6.18 Å². The molecule has 2 atom stereocenters. The second-order valence-electron chi connectivity index (χ2n) is 6.20. The highest BCUT2D eigenvalue weighted by Gasteiger charge is 2.35. The predicted octanol–water partition coefficient (Wildman–Crippen LogP) is 3.74. The van der Waals surface area contributed by atoms with Crippen LogP contribution in [0.25, 0.3) is 0 Å². The Morgan fingerprint density at radius 2 is 1.79 bits per heavy atom. The fourth-order valence-electron chi connectivity index (χ4n) is 2.97. The van der Waals surface area contributed by atoms with Gasteiger partial charge in [-0.15, -0.1) is 12.4 Å². The summed E-state index contributed by atoms with van der Waals surface area (Å²) >= 11 is 0. The topological polar surface area (TPSA) is 41.1 Å². The van der Waals surface area contributed by atoms with Crippen molar-refractivity contribution < 1.29 is 18.0 Å². The lowest BCUT2D eigenvalue weighted by molar-refractivity contribution is -0.138. The maximum atomic E-state index is 13.1. The van der Waals surface area contributed by atoms with Gasteiger partial charge in [0.1, 0.15) is 0 Å². The second kappa shape index (κ2) is 8.72. The van der Waals surface area contributed by atoms with Gasteiger partial charge in [-0.25, -0.2) is 0 Å². The number of piperidine rings is 1. The Morgan fingerprint density at radius 1 is 1.21 bits per heavy atom. The van der Waals surface area contributed by atoms with Gasteiger partial charge in [-0.05, 0) is 44.5 Å². The molecule has 0 spiro atoms. The predicted molar refractivity (Wildman–Crippen MR) is 90.3 cm³/mol. The van der Waals surface area contributed by atoms with E-state index in [0.29, 0.717) is 0 Å². The molecule has 2 N–H and O–H groups in total. The number of alkyl halides is 3. The summed E-state index contributed by atoms with van der Waals surface area (Å²) in [7, 11) is 0. The maximum absolute atomic E-state index is 13.1. The van der Waals surface area contributed by atoms with Crippen LogP contribution < -0.4 is 10.6 Å². The SMILES string of the molecule is CC(NC(=O)C1CCNCC1)C(C)c1ccccc1C(F)(F)F.Cl. The molecule has 1 aromatic rings. The number of rotatable bonds is 4. The number of benzene rings is 1. The molecule has 0 aromatic heterocycles. The highest BCUT2D eigenvalue weighted by molar-refractivity contribution is 5.85. The molecule has 2 rings (SSSR count). The number of carbonyl (C=O) groups excluding carboxylic acids is 1. The Morgan fingerprint density at radius 3 is 2.38 bits per heavy atom. The lowest BCUT2D eigenvalue weighted by Gasteiger charge is -2.28. The zero-order valence-corrected chi connectivity index (χ0v) is 14.6. The first kappa shape index (κ1) is 20.8. The fourth-order valence-corrected chi connectivity index (χ4v) is 2.97. The van der Waals surface area contributed by atoms with Crippen LogP contribution in [0, 0.1) is 5.92 Å². The van der Waals surface area contributed by atoms with E-state index in [-0.39, 0.29) is 35.8 Å². The van der Waals surface area contributed by atoms with Gasteiger partial charge in [0.25, 0.3) is 0 Å². The van der Waals surface area contributed by atoms with Crippen LogP contribution in [0.1, 0.15) is 43.7 Å². The Bertz CT molecular complexity index is 545. The smallest absolute Gasteiger partial charge is 0.353 e. The van der Waals surface area contributed by atoms with Gasteiger partial charge in [-0.3, -0.25) is 4.79 Å². The van der Waals surface area contributed by atoms with Gasteiger partial charge < -0.3 is 10.6 Å². The van der Waals surface area contributed by atoms with E-state index in [1.165, 1.54) is 12.1 Å². The minimum Gasteiger partial charge on any atom is -0.353 e. The molecule has 136 valence electrons. The molecule has 1 heterocycles. The van der Waals surface area contributed by atoms with Gasteiger partial charge in [0.2, 0.25) is 5.91 Å². The van der Waals surface area contributed by atoms with Crippen molar-refractivity contribution in [2.45, 2.75) is 44.8 Å². The Balaban J connectivity index is 0.00000288. The normalized spacial score (nSPS) is 18.4. The van der Waals surface area contributed by atoms with E-state index in [0.717, 1.165) is 32.0 Å². The number of carbonyl (C=O) groups is 1. The quantitative estimate of drug-likeness (QED) is 0.854. The largest absolute Gasteiger partial charge is 0.416 e. The van der Waals surface area contributed by atoms with E-state index in [4.69, 9.17) is 0 Å². The molecule has 7 heteroatoms. The van der Waals surface area contributed by atoms with Crippen LogP contribution in [0.5, 0.6) is 0 Å². The van der Waals surface area contributed by atoms with E-state index in [1.807, 2.05) is 0 Å². The molecule has 1 saturated heterocycles. The van der Waals surface area contributed by atoms with E-state index in [1.54, 1.807) is 19.9 Å². The first-order chi connectivity index (χ1) is 10.8. The van der Waals surface area contributed by atoms with Crippen molar-refractivity contribution in [3.05, 3.63) is 35.4 Å². The molecule has 2 unspecified atom stereocenters. The van der Waals surface area contributed by atoms with Gasteiger partial charge in [0.15, 0.2) is 0 Å². The van der Waals surface area contributed by atoms with Gasteiger partial charge in [0, 0.05) is 17.9 Å². The van der Waals surface area contributed by atoms with E-state index >= 15 is 0 Å². The number of amides is 1. The van der Waals surface area contributed by atoms with Crippen LogP contribution in [-0.4, -0.2) is 25.0 Å². The number of nitrogens with one attached hydrogen (secondary N) is 2. The highest BCUT2D eigenvalue weighted by atomic mass is 35.5. The first-order valence-corrected chi connectivity index (χ1v) is 7.98. The molecular weight excluding hydrogens is 341 g/mol. The Hall–Kier alpha value is -1.27. The summed E-state index contributed by atoms with van der Waals surface area (Å²) in [5, 5.41) is 6.08. The summed E-state index contributed by atoms with van der Waals surface area (Å²) in [6.45, 7) is 5.09. The first-order valence-electron chi connectivity index (χ1n) is 7.98. The van der Waals surface area contributed by atoms with Crippen LogP contribution in [0.3, 0.4) is 0 Å². The van der Waals surface area contributed by atoms with Crippen molar-refractivity contribution in [2.75, 3.05) is 13.1 Å². The number of halogens is 4. The van der Waals surface area contributed by atoms with Crippen LogP contribution in [0.15, 0.2) is 24.3 Å². The monoisotopic (exact) mass is 364 g/mol. The van der Waals surface area contributed by atoms with Crippen molar-refractivity contribution in [1.82, 2.24) is 10.6 Å². The van der Waals surface area contributed by atoms with Crippen molar-refractivity contribution in [2.24, 2.45) is 5.92 Å². The van der Waals surface area contributed by atoms with E-state index in [9.17, 15) is 18.0 Å². The molecule has 1 amide bonds. The van der Waals surface area contributed by atoms with Crippen LogP contribution in [0.4, 0.5) is 13.2 Å². The lowest BCUT2D eigenvalue weighted by atomic mass is 9.89. The van der Waals surface area contributed by atoms with E-state index in [2.05, 4.69) is 10.6 Å². The van der Waals surface area contributed by atoms with Crippen LogP contribution in [0.2, 0.25) is 0 Å². The molecule has 0 saturated carbocycles. The van der Waals surface area contributed by atoms with Gasteiger partial charge in [-0.2, -0.15) is 13.2 Å². The third kappa shape index (κ3) is 5.11. The van der Waals surface area contributed by atoms with Gasteiger partial charge in [0.05, 0.1) is 5.56 Å². The summed E-state index contributed by atoms with van der Waals surface area (Å²) in [6.07, 6.45) is -2.85. The average Bonchev–Trinajstić information content (AvgIpc) is 2.54. The molecule has 24 heavy (non-hydrogen) atoms. The van der Waals surface area contributed by atoms with Crippen molar-refractivity contribution in [3.63, 3.8) is 0 Å². The Kier molecular flexibility index (Phi) is 7.55. The fraction of sp³-hybridized carbons (Fsp3) is 0.588. The molecule has 3 nitrogen and oxygen atoms in total. The number of hydrogen-bond acceptors (Lipinski definition) is 2. The third-order valence-corrected chi connectivity index (χ3v) is 4.59. The molecule has 1 aliphatic rings. The van der Waals surface area contributed by atoms with Crippen LogP contribution in [-0.2, 0) is 11.0 Å². The summed E-state index contributed by atoms with van der Waals surface area (Å²) < 4.78 is 39.4. The average molecular weight is 365 g/mol. The standard InChI is InChI=1S/C17H23F3N2O.ClH/c1-11(14-5-3-4-6-15(14)17(18,19)20)12(2)22-16(23)13-7-9-21-10-8-13;/h3-6,11-13,21H,7-10H2,1-2H3,(H,22,23);1H. The summed E-state index contributed by atoms with van der Waals surface area (Å²) in [5.41, 5.74) is -0.409. The van der Waals surface area contributed by atoms with Crippen molar-refractivity contribution in [1.29, 1.82) is 0 Å². The summed E-state index contributed by atoms with van der Waals surface area (Å²) in [5.74, 6) is -0.530. The maximum Gasteiger partial charge on any atom is 0.416 e. The molecule has 0 aliphatic carbocycles. The zero-order valence-electron chi connectivity index (χ0n) is 13.8. The highest BCUT2D eigenvalue weighted by Crippen LogP contribution is 2.36. The molecular formula is C17H24ClF3N2O. The second-order valence-corrected chi connectivity index (χ2v) is 6.20.